The summed E-state index contributed by atoms with van der Waals surface area (Å²) in [6.45, 7) is 1.70. The highest BCUT2D eigenvalue weighted by molar-refractivity contribution is 6.36. The van der Waals surface area contributed by atoms with Gasteiger partial charge in [-0.05, 0) is 37.3 Å². The van der Waals surface area contributed by atoms with Gasteiger partial charge in [-0.3, -0.25) is 0 Å². The second kappa shape index (κ2) is 8.01. The van der Waals surface area contributed by atoms with Crippen LogP contribution >= 0.6 is 23.2 Å². The molecule has 0 aliphatic heterocycles. The fourth-order valence-corrected chi connectivity index (χ4v) is 3.77. The van der Waals surface area contributed by atoms with E-state index in [1.165, 1.54) is 12.1 Å². The van der Waals surface area contributed by atoms with Gasteiger partial charge in [0, 0.05) is 28.4 Å². The number of imidazole rings is 1. The van der Waals surface area contributed by atoms with Crippen molar-refractivity contribution in [2.75, 3.05) is 12.8 Å². The number of nitrogens with two attached hydrogens (primary N) is 1. The van der Waals surface area contributed by atoms with E-state index in [9.17, 15) is 4.39 Å². The number of pyridine rings is 1. The quantitative estimate of drug-likeness (QED) is 0.378. The SMILES string of the molecule is COc1ccc2nc(-c3cnc(N)c(OC(C)c4c(Cl)ccc(F)c4Cl)c3)[nH]c2c1. The summed E-state index contributed by atoms with van der Waals surface area (Å²) in [4.78, 5) is 12.0. The number of ether oxygens (including phenoxy) is 2. The van der Waals surface area contributed by atoms with Crippen LogP contribution in [0.2, 0.25) is 10.0 Å². The number of halogens is 3. The van der Waals surface area contributed by atoms with Crippen molar-refractivity contribution in [1.29, 1.82) is 0 Å². The maximum Gasteiger partial charge on any atom is 0.166 e. The van der Waals surface area contributed by atoms with Crippen molar-refractivity contribution in [2.24, 2.45) is 0 Å². The monoisotopic (exact) mass is 446 g/mol. The number of hydrogen-bond donors (Lipinski definition) is 2. The summed E-state index contributed by atoms with van der Waals surface area (Å²) < 4.78 is 25.1. The molecule has 0 bridgehead atoms. The third-order valence-corrected chi connectivity index (χ3v) is 5.35. The second-order valence-corrected chi connectivity index (χ2v) is 7.38. The average Bonchev–Trinajstić information content (AvgIpc) is 3.16. The zero-order valence-corrected chi connectivity index (χ0v) is 17.6. The molecule has 4 aromatic rings. The van der Waals surface area contributed by atoms with Crippen LogP contribution in [0.3, 0.4) is 0 Å². The number of aromatic amines is 1. The number of H-pyrrole nitrogens is 1. The minimum atomic E-state index is -0.667. The molecule has 6 nitrogen and oxygen atoms in total. The van der Waals surface area contributed by atoms with E-state index in [2.05, 4.69) is 15.0 Å². The lowest BCUT2D eigenvalue weighted by Gasteiger charge is -2.19. The zero-order valence-electron chi connectivity index (χ0n) is 16.0. The number of nitrogen functional groups attached to an aromatic ring is 1. The summed E-state index contributed by atoms with van der Waals surface area (Å²) in [5.74, 6) is 1.20. The van der Waals surface area contributed by atoms with Gasteiger partial charge >= 0.3 is 0 Å². The minimum absolute atomic E-state index is 0.0936. The molecule has 4 rings (SSSR count). The summed E-state index contributed by atoms with van der Waals surface area (Å²) in [6.07, 6.45) is 0.921. The van der Waals surface area contributed by atoms with Crippen molar-refractivity contribution in [3.8, 4) is 22.9 Å². The van der Waals surface area contributed by atoms with Gasteiger partial charge in [-0.2, -0.15) is 0 Å². The maximum absolute atomic E-state index is 13.9. The summed E-state index contributed by atoms with van der Waals surface area (Å²) in [7, 11) is 1.60. The molecule has 2 aromatic carbocycles. The van der Waals surface area contributed by atoms with Crippen molar-refractivity contribution in [2.45, 2.75) is 13.0 Å². The zero-order chi connectivity index (χ0) is 21.4. The fourth-order valence-electron chi connectivity index (χ4n) is 3.10. The Hall–Kier alpha value is -3.03. The van der Waals surface area contributed by atoms with E-state index in [0.29, 0.717) is 27.7 Å². The fraction of sp³-hybridized carbons (Fsp3) is 0.143. The first-order valence-electron chi connectivity index (χ1n) is 8.97. The van der Waals surface area contributed by atoms with Crippen LogP contribution in [-0.4, -0.2) is 22.1 Å². The van der Waals surface area contributed by atoms with Gasteiger partial charge < -0.3 is 20.2 Å². The molecular weight excluding hydrogens is 430 g/mol. The van der Waals surface area contributed by atoms with Gasteiger partial charge in [-0.25, -0.2) is 14.4 Å². The molecule has 0 saturated carbocycles. The summed E-state index contributed by atoms with van der Waals surface area (Å²) >= 11 is 12.3. The van der Waals surface area contributed by atoms with Gasteiger partial charge in [0.1, 0.15) is 23.5 Å². The number of fused-ring (bicyclic) bond motifs is 1. The minimum Gasteiger partial charge on any atom is -0.497 e. The summed E-state index contributed by atoms with van der Waals surface area (Å²) in [6, 6.07) is 9.87. The number of nitrogens with one attached hydrogen (secondary N) is 1. The third-order valence-electron chi connectivity index (χ3n) is 4.63. The molecule has 0 aliphatic rings. The highest BCUT2D eigenvalue weighted by Gasteiger charge is 2.20. The molecule has 0 aliphatic carbocycles. The molecule has 2 heterocycles. The summed E-state index contributed by atoms with van der Waals surface area (Å²) in [5, 5.41) is 0.201. The Labute approximate surface area is 181 Å². The Morgan fingerprint density at radius 2 is 1.97 bits per heavy atom. The normalized spacial score (nSPS) is 12.2. The number of nitrogens with zero attached hydrogens (tertiary/aromatic N) is 2. The molecule has 2 aromatic heterocycles. The van der Waals surface area contributed by atoms with Gasteiger partial charge in [0.2, 0.25) is 0 Å². The standard InChI is InChI=1S/C21H17Cl2FN4O2/c1-10(18-13(22)4-5-14(24)19(18)23)30-17-7-11(9-26-20(17)25)21-27-15-6-3-12(29-2)8-16(15)28-21/h3-10H,1-2H3,(H2,25,26)(H,27,28). The van der Waals surface area contributed by atoms with Crippen LogP contribution in [0.4, 0.5) is 10.2 Å². The van der Waals surface area contributed by atoms with Gasteiger partial charge in [-0.1, -0.05) is 23.2 Å². The van der Waals surface area contributed by atoms with Crippen LogP contribution in [0.15, 0.2) is 42.6 Å². The van der Waals surface area contributed by atoms with E-state index < -0.39 is 11.9 Å². The van der Waals surface area contributed by atoms with E-state index in [0.717, 1.165) is 16.8 Å². The molecule has 1 unspecified atom stereocenters. The van der Waals surface area contributed by atoms with Crippen LogP contribution in [-0.2, 0) is 0 Å². The lowest BCUT2D eigenvalue weighted by atomic mass is 10.1. The molecule has 30 heavy (non-hydrogen) atoms. The highest BCUT2D eigenvalue weighted by atomic mass is 35.5. The van der Waals surface area contributed by atoms with Crippen molar-refractivity contribution >= 4 is 40.1 Å². The Kier molecular flexibility index (Phi) is 5.40. The molecule has 0 spiro atoms. The van der Waals surface area contributed by atoms with E-state index in [1.54, 1.807) is 26.3 Å². The average molecular weight is 447 g/mol. The van der Waals surface area contributed by atoms with Gasteiger partial charge in [0.05, 0.1) is 23.2 Å². The van der Waals surface area contributed by atoms with Gasteiger partial charge in [-0.15, -0.1) is 0 Å². The lowest BCUT2D eigenvalue weighted by molar-refractivity contribution is 0.227. The number of anilines is 1. The Morgan fingerprint density at radius 1 is 1.17 bits per heavy atom. The van der Waals surface area contributed by atoms with Crippen LogP contribution in [0.1, 0.15) is 18.6 Å². The predicted molar refractivity (Wildman–Crippen MR) is 116 cm³/mol. The molecule has 0 saturated heterocycles. The van der Waals surface area contributed by atoms with E-state index >= 15 is 0 Å². The molecule has 0 fully saturated rings. The first kappa shape index (κ1) is 20.3. The van der Waals surface area contributed by atoms with Crippen LogP contribution < -0.4 is 15.2 Å². The molecule has 154 valence electrons. The Bertz CT molecular complexity index is 1250. The third kappa shape index (κ3) is 3.74. The van der Waals surface area contributed by atoms with Gasteiger partial charge in [0.25, 0.3) is 0 Å². The first-order chi connectivity index (χ1) is 14.4. The van der Waals surface area contributed by atoms with Gasteiger partial charge in [0.15, 0.2) is 11.6 Å². The first-order valence-corrected chi connectivity index (χ1v) is 9.72. The van der Waals surface area contributed by atoms with Crippen molar-refractivity contribution in [1.82, 2.24) is 15.0 Å². The smallest absolute Gasteiger partial charge is 0.166 e. The Morgan fingerprint density at radius 3 is 2.73 bits per heavy atom. The molecule has 0 amide bonds. The highest BCUT2D eigenvalue weighted by Crippen LogP contribution is 2.37. The predicted octanol–water partition coefficient (Wildman–Crippen LogP) is 5.80. The molecule has 1 atom stereocenters. The summed E-state index contributed by atoms with van der Waals surface area (Å²) in [5.41, 5.74) is 8.58. The largest absolute Gasteiger partial charge is 0.497 e. The van der Waals surface area contributed by atoms with Crippen molar-refractivity contribution < 1.29 is 13.9 Å². The number of aromatic nitrogens is 3. The van der Waals surface area contributed by atoms with Crippen LogP contribution in [0.5, 0.6) is 11.5 Å². The molecule has 9 heteroatoms. The number of hydrogen-bond acceptors (Lipinski definition) is 5. The van der Waals surface area contributed by atoms with Crippen LogP contribution in [0, 0.1) is 5.82 Å². The van der Waals surface area contributed by atoms with E-state index in [-0.39, 0.29) is 10.8 Å². The topological polar surface area (TPSA) is 86.1 Å². The van der Waals surface area contributed by atoms with E-state index in [4.69, 9.17) is 38.4 Å². The maximum atomic E-state index is 13.9. The lowest BCUT2D eigenvalue weighted by Crippen LogP contribution is -2.08. The second-order valence-electron chi connectivity index (χ2n) is 6.59. The Balaban J connectivity index is 1.68. The van der Waals surface area contributed by atoms with Crippen molar-refractivity contribution in [3.05, 3.63) is 64.0 Å². The molecular formula is C21H17Cl2FN4O2. The number of benzene rings is 2. The number of rotatable bonds is 5. The molecule has 3 N–H and O–H groups in total. The van der Waals surface area contributed by atoms with E-state index in [1.807, 2.05) is 18.2 Å². The number of methoxy groups -OCH3 is 1. The van der Waals surface area contributed by atoms with Crippen LogP contribution in [0.25, 0.3) is 22.4 Å². The van der Waals surface area contributed by atoms with Crippen molar-refractivity contribution in [3.63, 3.8) is 0 Å². The molecule has 0 radical (unpaired) electrons.